The Bertz CT molecular complexity index is 595. The van der Waals surface area contributed by atoms with Gasteiger partial charge >= 0.3 is 5.69 Å². The number of hydrogen-bond donors (Lipinski definition) is 0. The number of rotatable bonds is 3. The maximum atomic E-state index is 11.0. The lowest BCUT2D eigenvalue weighted by molar-refractivity contribution is -0.389. The molecule has 0 spiro atoms. The molecule has 0 aromatic carbocycles. The van der Waals surface area contributed by atoms with Gasteiger partial charge in [-0.25, -0.2) is 19.9 Å². The normalized spacial score (nSPS) is 10.3. The van der Waals surface area contributed by atoms with Crippen LogP contribution >= 0.6 is 23.4 Å². The van der Waals surface area contributed by atoms with Crippen molar-refractivity contribution in [3.8, 4) is 0 Å². The Kier molecular flexibility index (Phi) is 3.68. The summed E-state index contributed by atoms with van der Waals surface area (Å²) < 4.78 is 0. The number of halogens is 1. The number of hydrogen-bond acceptors (Lipinski definition) is 7. The van der Waals surface area contributed by atoms with E-state index in [2.05, 4.69) is 19.9 Å². The summed E-state index contributed by atoms with van der Waals surface area (Å²) >= 11 is 6.74. The minimum atomic E-state index is -0.533. The van der Waals surface area contributed by atoms with Crippen molar-refractivity contribution < 1.29 is 4.92 Å². The van der Waals surface area contributed by atoms with Gasteiger partial charge in [0, 0.05) is 6.20 Å². The van der Waals surface area contributed by atoms with Gasteiger partial charge in [-0.05, 0) is 36.4 Å². The summed E-state index contributed by atoms with van der Waals surface area (Å²) in [4.78, 5) is 25.8. The molecule has 2 rings (SSSR count). The summed E-state index contributed by atoms with van der Waals surface area (Å²) in [6, 6.07) is 1.62. The van der Waals surface area contributed by atoms with Crippen molar-refractivity contribution in [2.24, 2.45) is 0 Å². The first-order valence-electron chi connectivity index (χ1n) is 4.70. The van der Waals surface area contributed by atoms with Crippen LogP contribution in [0, 0.1) is 17.0 Å². The van der Waals surface area contributed by atoms with E-state index in [1.165, 1.54) is 19.4 Å². The van der Waals surface area contributed by atoms with Gasteiger partial charge in [-0.2, -0.15) is 0 Å². The largest absolute Gasteiger partial charge is 0.322 e. The van der Waals surface area contributed by atoms with E-state index in [1.807, 2.05) is 0 Å². The molecular formula is C9H6ClN5O2S. The number of nitro groups is 1. The van der Waals surface area contributed by atoms with Crippen molar-refractivity contribution in [3.63, 3.8) is 0 Å². The third kappa shape index (κ3) is 2.71. The fourth-order valence-corrected chi connectivity index (χ4v) is 2.37. The Morgan fingerprint density at radius 3 is 2.83 bits per heavy atom. The Labute approximate surface area is 111 Å². The second-order valence-electron chi connectivity index (χ2n) is 3.14. The van der Waals surface area contributed by atoms with Crippen molar-refractivity contribution >= 4 is 29.1 Å². The third-order valence-corrected chi connectivity index (χ3v) is 3.04. The molecule has 0 amide bonds. The summed E-state index contributed by atoms with van der Waals surface area (Å²) in [5.74, 6) is 0. The minimum Gasteiger partial charge on any atom is -0.258 e. The predicted molar refractivity (Wildman–Crippen MR) is 64.6 cm³/mol. The van der Waals surface area contributed by atoms with E-state index in [4.69, 9.17) is 11.6 Å². The minimum absolute atomic E-state index is 0.0327. The van der Waals surface area contributed by atoms with Crippen molar-refractivity contribution in [1.29, 1.82) is 0 Å². The van der Waals surface area contributed by atoms with Crippen LogP contribution in [0.4, 0.5) is 5.69 Å². The topological polar surface area (TPSA) is 94.7 Å². The molecule has 18 heavy (non-hydrogen) atoms. The first kappa shape index (κ1) is 12.7. The molecular weight excluding hydrogens is 278 g/mol. The molecule has 0 aliphatic rings. The molecule has 0 aliphatic heterocycles. The van der Waals surface area contributed by atoms with E-state index in [-0.39, 0.29) is 21.7 Å². The Morgan fingerprint density at radius 2 is 2.22 bits per heavy atom. The second-order valence-corrected chi connectivity index (χ2v) is 4.49. The molecule has 2 aromatic rings. The van der Waals surface area contributed by atoms with E-state index in [9.17, 15) is 10.1 Å². The summed E-state index contributed by atoms with van der Waals surface area (Å²) in [7, 11) is 0. The molecule has 0 atom stereocenters. The van der Waals surface area contributed by atoms with Gasteiger partial charge in [0.1, 0.15) is 17.0 Å². The van der Waals surface area contributed by atoms with E-state index < -0.39 is 4.92 Å². The zero-order valence-electron chi connectivity index (χ0n) is 9.07. The molecule has 2 heterocycles. The Hall–Kier alpha value is -1.80. The van der Waals surface area contributed by atoms with Crippen LogP contribution in [0.3, 0.4) is 0 Å². The molecule has 0 unspecified atom stereocenters. The number of aryl methyl sites for hydroxylation is 1. The van der Waals surface area contributed by atoms with Crippen molar-refractivity contribution in [1.82, 2.24) is 19.9 Å². The van der Waals surface area contributed by atoms with Crippen LogP contribution in [0.2, 0.25) is 5.28 Å². The van der Waals surface area contributed by atoms with Gasteiger partial charge in [-0.3, -0.25) is 10.1 Å². The molecule has 0 fully saturated rings. The molecule has 0 radical (unpaired) electrons. The molecule has 9 heteroatoms. The SMILES string of the molecule is Cc1nc(Cl)nc(Sc2ccncn2)c1[N+](=O)[O-]. The van der Waals surface area contributed by atoms with Gasteiger partial charge in [-0.15, -0.1) is 0 Å². The zero-order valence-corrected chi connectivity index (χ0v) is 10.6. The smallest absolute Gasteiger partial charge is 0.258 e. The monoisotopic (exact) mass is 283 g/mol. The number of nitrogens with zero attached hydrogens (tertiary/aromatic N) is 5. The van der Waals surface area contributed by atoms with Gasteiger partial charge in [-0.1, -0.05) is 0 Å². The highest BCUT2D eigenvalue weighted by molar-refractivity contribution is 7.99. The summed E-state index contributed by atoms with van der Waals surface area (Å²) in [6.07, 6.45) is 2.89. The van der Waals surface area contributed by atoms with Crippen LogP contribution in [0.25, 0.3) is 0 Å². The maximum absolute atomic E-state index is 11.0. The number of aromatic nitrogens is 4. The van der Waals surface area contributed by atoms with Gasteiger partial charge in [0.05, 0.1) is 4.92 Å². The van der Waals surface area contributed by atoms with Gasteiger partial charge in [0.15, 0.2) is 5.03 Å². The van der Waals surface area contributed by atoms with E-state index in [0.717, 1.165) is 11.8 Å². The average molecular weight is 284 g/mol. The van der Waals surface area contributed by atoms with Crippen LogP contribution in [0.5, 0.6) is 0 Å². The predicted octanol–water partition coefficient (Wildman–Crippen LogP) is 2.29. The standard InChI is InChI=1S/C9H6ClN5O2S/c1-5-7(15(16)17)8(14-9(10)13-5)18-6-2-3-11-4-12-6/h2-4H,1H3. The average Bonchev–Trinajstić information content (AvgIpc) is 2.28. The van der Waals surface area contributed by atoms with E-state index in [1.54, 1.807) is 6.07 Å². The third-order valence-electron chi connectivity index (χ3n) is 1.94. The molecule has 92 valence electrons. The fraction of sp³-hybridized carbons (Fsp3) is 0.111. The highest BCUT2D eigenvalue weighted by Gasteiger charge is 2.22. The second kappa shape index (κ2) is 5.23. The van der Waals surface area contributed by atoms with Gasteiger partial charge in [0.25, 0.3) is 0 Å². The lowest BCUT2D eigenvalue weighted by atomic mass is 10.4. The first-order valence-corrected chi connectivity index (χ1v) is 5.90. The van der Waals surface area contributed by atoms with Gasteiger partial charge < -0.3 is 0 Å². The highest BCUT2D eigenvalue weighted by atomic mass is 35.5. The molecule has 2 aromatic heterocycles. The van der Waals surface area contributed by atoms with Crippen LogP contribution in [0.15, 0.2) is 28.6 Å². The lowest BCUT2D eigenvalue weighted by Gasteiger charge is -2.03. The van der Waals surface area contributed by atoms with Crippen molar-refractivity contribution in [2.75, 3.05) is 0 Å². The van der Waals surface area contributed by atoms with Crippen LogP contribution in [-0.2, 0) is 0 Å². The molecule has 0 bridgehead atoms. The van der Waals surface area contributed by atoms with Crippen molar-refractivity contribution in [3.05, 3.63) is 39.7 Å². The molecule has 7 nitrogen and oxygen atoms in total. The van der Waals surface area contributed by atoms with E-state index in [0.29, 0.717) is 5.03 Å². The molecule has 0 saturated heterocycles. The first-order chi connectivity index (χ1) is 8.58. The van der Waals surface area contributed by atoms with Crippen molar-refractivity contribution in [2.45, 2.75) is 17.0 Å². The van der Waals surface area contributed by atoms with E-state index >= 15 is 0 Å². The van der Waals surface area contributed by atoms with Crippen LogP contribution in [0.1, 0.15) is 5.69 Å². The Morgan fingerprint density at radius 1 is 1.44 bits per heavy atom. The van der Waals surface area contributed by atoms with Crippen LogP contribution in [-0.4, -0.2) is 24.9 Å². The molecule has 0 aliphatic carbocycles. The van der Waals surface area contributed by atoms with Gasteiger partial charge in [0.2, 0.25) is 5.28 Å². The maximum Gasteiger partial charge on any atom is 0.322 e. The Balaban J connectivity index is 2.46. The molecule has 0 N–H and O–H groups in total. The summed E-state index contributed by atoms with van der Waals surface area (Å²) in [5.41, 5.74) is 0.0552. The summed E-state index contributed by atoms with van der Waals surface area (Å²) in [6.45, 7) is 1.51. The molecule has 0 saturated carbocycles. The quantitative estimate of drug-likeness (QED) is 0.369. The zero-order chi connectivity index (χ0) is 13.1. The lowest BCUT2D eigenvalue weighted by Crippen LogP contribution is -2.00. The summed E-state index contributed by atoms with van der Waals surface area (Å²) in [5, 5.41) is 11.7. The highest BCUT2D eigenvalue weighted by Crippen LogP contribution is 2.33. The van der Waals surface area contributed by atoms with Crippen LogP contribution < -0.4 is 0 Å². The fourth-order valence-electron chi connectivity index (χ4n) is 1.23.